The number of hydrogen-bond acceptors (Lipinski definition) is 4. The molecule has 6 heteroatoms. The number of nitrogens with one attached hydrogen (secondary N) is 1. The summed E-state index contributed by atoms with van der Waals surface area (Å²) in [4.78, 5) is 19.7. The molecule has 2 aromatic rings. The van der Waals surface area contributed by atoms with Gasteiger partial charge in [0.25, 0.3) is 0 Å². The van der Waals surface area contributed by atoms with Crippen LogP contribution in [-0.2, 0) is 17.8 Å². The van der Waals surface area contributed by atoms with Gasteiger partial charge in [-0.05, 0) is 18.6 Å². The Labute approximate surface area is 110 Å². The Hall–Kier alpha value is -2.37. The van der Waals surface area contributed by atoms with E-state index in [1.54, 1.807) is 12.4 Å². The van der Waals surface area contributed by atoms with E-state index in [0.717, 1.165) is 36.7 Å². The van der Waals surface area contributed by atoms with Gasteiger partial charge < -0.3 is 15.0 Å². The highest BCUT2D eigenvalue weighted by atomic mass is 16.4. The molecule has 0 saturated heterocycles. The largest absolute Gasteiger partial charge is 0.481 e. The SMILES string of the molecule is O=C(O)Cc1c(-c2cccnc2)nc2n1CCCN2. The fourth-order valence-electron chi connectivity index (χ4n) is 2.36. The Balaban J connectivity index is 2.12. The molecule has 19 heavy (non-hydrogen) atoms. The number of fused-ring (bicyclic) bond motifs is 1. The van der Waals surface area contributed by atoms with Gasteiger partial charge in [0.05, 0.1) is 17.8 Å². The van der Waals surface area contributed by atoms with Gasteiger partial charge in [-0.3, -0.25) is 9.78 Å². The summed E-state index contributed by atoms with van der Waals surface area (Å²) in [6.07, 6.45) is 4.34. The zero-order valence-corrected chi connectivity index (χ0v) is 10.3. The second-order valence-electron chi connectivity index (χ2n) is 4.47. The van der Waals surface area contributed by atoms with E-state index in [1.165, 1.54) is 0 Å². The molecule has 3 heterocycles. The van der Waals surface area contributed by atoms with Crippen LogP contribution in [0, 0.1) is 0 Å². The van der Waals surface area contributed by atoms with Gasteiger partial charge in [-0.2, -0.15) is 0 Å². The van der Waals surface area contributed by atoms with E-state index in [1.807, 2.05) is 16.7 Å². The monoisotopic (exact) mass is 258 g/mol. The topological polar surface area (TPSA) is 80.0 Å². The van der Waals surface area contributed by atoms with Gasteiger partial charge in [-0.15, -0.1) is 0 Å². The van der Waals surface area contributed by atoms with Crippen LogP contribution in [-0.4, -0.2) is 32.2 Å². The molecule has 1 aliphatic heterocycles. The van der Waals surface area contributed by atoms with E-state index in [-0.39, 0.29) is 6.42 Å². The minimum absolute atomic E-state index is 0.0289. The van der Waals surface area contributed by atoms with E-state index >= 15 is 0 Å². The van der Waals surface area contributed by atoms with Crippen molar-refractivity contribution in [1.29, 1.82) is 0 Å². The molecule has 3 rings (SSSR count). The molecule has 0 amide bonds. The number of pyridine rings is 1. The summed E-state index contributed by atoms with van der Waals surface area (Å²) in [6.45, 7) is 1.67. The molecule has 0 atom stereocenters. The molecule has 0 radical (unpaired) electrons. The van der Waals surface area contributed by atoms with Crippen molar-refractivity contribution in [3.63, 3.8) is 0 Å². The smallest absolute Gasteiger partial charge is 0.309 e. The summed E-state index contributed by atoms with van der Waals surface area (Å²) >= 11 is 0. The maximum absolute atomic E-state index is 11.1. The van der Waals surface area contributed by atoms with Crippen LogP contribution in [0.2, 0.25) is 0 Å². The van der Waals surface area contributed by atoms with Gasteiger partial charge in [0.1, 0.15) is 0 Å². The summed E-state index contributed by atoms with van der Waals surface area (Å²) in [7, 11) is 0. The minimum atomic E-state index is -0.849. The minimum Gasteiger partial charge on any atom is -0.481 e. The Morgan fingerprint density at radius 1 is 1.53 bits per heavy atom. The number of hydrogen-bond donors (Lipinski definition) is 2. The summed E-state index contributed by atoms with van der Waals surface area (Å²) in [5, 5.41) is 12.3. The molecular weight excluding hydrogens is 244 g/mol. The predicted molar refractivity (Wildman–Crippen MR) is 69.9 cm³/mol. The Morgan fingerprint density at radius 2 is 2.42 bits per heavy atom. The van der Waals surface area contributed by atoms with Crippen LogP contribution in [0.15, 0.2) is 24.5 Å². The Morgan fingerprint density at radius 3 is 3.16 bits per heavy atom. The van der Waals surface area contributed by atoms with E-state index in [9.17, 15) is 4.79 Å². The summed E-state index contributed by atoms with van der Waals surface area (Å²) in [5.74, 6) is -0.0974. The molecular formula is C13H14N4O2. The van der Waals surface area contributed by atoms with E-state index in [0.29, 0.717) is 5.69 Å². The highest BCUT2D eigenvalue weighted by Gasteiger charge is 2.22. The molecule has 0 saturated carbocycles. The van der Waals surface area contributed by atoms with Crippen molar-refractivity contribution < 1.29 is 9.90 Å². The van der Waals surface area contributed by atoms with Crippen LogP contribution in [0.1, 0.15) is 12.1 Å². The number of rotatable bonds is 3. The number of carbonyl (C=O) groups is 1. The normalized spacial score (nSPS) is 13.7. The van der Waals surface area contributed by atoms with Crippen LogP contribution < -0.4 is 5.32 Å². The molecule has 98 valence electrons. The van der Waals surface area contributed by atoms with Crippen LogP contribution in [0.25, 0.3) is 11.3 Å². The second kappa shape index (κ2) is 4.72. The van der Waals surface area contributed by atoms with E-state index in [2.05, 4.69) is 15.3 Å². The molecule has 0 aliphatic carbocycles. The molecule has 0 fully saturated rings. The first-order valence-electron chi connectivity index (χ1n) is 6.21. The van der Waals surface area contributed by atoms with Crippen molar-refractivity contribution in [2.45, 2.75) is 19.4 Å². The lowest BCUT2D eigenvalue weighted by Gasteiger charge is -2.17. The maximum atomic E-state index is 11.1. The Kier molecular flexibility index (Phi) is 2.91. The predicted octanol–water partition coefficient (Wildman–Crippen LogP) is 1.39. The molecule has 0 spiro atoms. The molecule has 2 N–H and O–H groups in total. The third kappa shape index (κ3) is 2.16. The number of aromatic nitrogens is 3. The first-order valence-corrected chi connectivity index (χ1v) is 6.21. The van der Waals surface area contributed by atoms with E-state index in [4.69, 9.17) is 5.11 Å². The average molecular weight is 258 g/mol. The molecule has 6 nitrogen and oxygen atoms in total. The lowest BCUT2D eigenvalue weighted by molar-refractivity contribution is -0.136. The molecule has 0 unspecified atom stereocenters. The number of carboxylic acids is 1. The Bertz CT molecular complexity index is 607. The van der Waals surface area contributed by atoms with Crippen molar-refractivity contribution in [1.82, 2.24) is 14.5 Å². The quantitative estimate of drug-likeness (QED) is 0.869. The highest BCUT2D eigenvalue weighted by molar-refractivity contribution is 5.75. The standard InChI is InChI=1S/C13H14N4O2/c18-11(19)7-10-12(9-3-1-4-14-8-9)16-13-15-5-2-6-17(10)13/h1,3-4,8H,2,5-7H2,(H,15,16)(H,18,19). The zero-order valence-electron chi connectivity index (χ0n) is 10.3. The summed E-state index contributed by atoms with van der Waals surface area (Å²) in [6, 6.07) is 3.72. The number of aliphatic carboxylic acids is 1. The molecule has 0 aromatic carbocycles. The highest BCUT2D eigenvalue weighted by Crippen LogP contribution is 2.28. The van der Waals surface area contributed by atoms with Crippen LogP contribution in [0.4, 0.5) is 5.95 Å². The van der Waals surface area contributed by atoms with Gasteiger partial charge in [0, 0.05) is 31.0 Å². The van der Waals surface area contributed by atoms with Gasteiger partial charge in [0.2, 0.25) is 5.95 Å². The lowest BCUT2D eigenvalue weighted by Crippen LogP contribution is -2.19. The lowest BCUT2D eigenvalue weighted by atomic mass is 10.1. The van der Waals surface area contributed by atoms with Gasteiger partial charge in [-0.1, -0.05) is 0 Å². The number of nitrogens with zero attached hydrogens (tertiary/aromatic N) is 3. The first kappa shape index (κ1) is 11.7. The van der Waals surface area contributed by atoms with Gasteiger partial charge in [-0.25, -0.2) is 4.98 Å². The maximum Gasteiger partial charge on any atom is 0.309 e. The van der Waals surface area contributed by atoms with Gasteiger partial charge in [0.15, 0.2) is 0 Å². The fourth-order valence-corrected chi connectivity index (χ4v) is 2.36. The number of imidazole rings is 1. The van der Waals surface area contributed by atoms with Crippen molar-refractivity contribution in [2.75, 3.05) is 11.9 Å². The van der Waals surface area contributed by atoms with Crippen LogP contribution >= 0.6 is 0 Å². The molecule has 0 bridgehead atoms. The number of carboxylic acid groups (broad SMARTS) is 1. The third-order valence-corrected chi connectivity index (χ3v) is 3.17. The van der Waals surface area contributed by atoms with Crippen molar-refractivity contribution in [2.24, 2.45) is 0 Å². The molecule has 1 aliphatic rings. The molecule has 2 aromatic heterocycles. The third-order valence-electron chi connectivity index (χ3n) is 3.17. The summed E-state index contributed by atoms with van der Waals surface area (Å²) in [5.41, 5.74) is 2.30. The zero-order chi connectivity index (χ0) is 13.2. The van der Waals surface area contributed by atoms with Crippen LogP contribution in [0.3, 0.4) is 0 Å². The fraction of sp³-hybridized carbons (Fsp3) is 0.308. The van der Waals surface area contributed by atoms with Crippen molar-refractivity contribution in [3.05, 3.63) is 30.2 Å². The van der Waals surface area contributed by atoms with Crippen molar-refractivity contribution in [3.8, 4) is 11.3 Å². The second-order valence-corrected chi connectivity index (χ2v) is 4.47. The number of anilines is 1. The summed E-state index contributed by atoms with van der Waals surface area (Å²) < 4.78 is 1.96. The van der Waals surface area contributed by atoms with Crippen LogP contribution in [0.5, 0.6) is 0 Å². The van der Waals surface area contributed by atoms with E-state index < -0.39 is 5.97 Å². The van der Waals surface area contributed by atoms with Gasteiger partial charge >= 0.3 is 5.97 Å². The first-order chi connectivity index (χ1) is 9.25. The van der Waals surface area contributed by atoms with Crippen molar-refractivity contribution >= 4 is 11.9 Å². The average Bonchev–Trinajstić information content (AvgIpc) is 2.78.